The van der Waals surface area contributed by atoms with Crippen LogP contribution in [0.3, 0.4) is 0 Å². The highest BCUT2D eigenvalue weighted by molar-refractivity contribution is 5.93. The molecule has 0 bridgehead atoms. The molecule has 2 nitrogen and oxygen atoms in total. The summed E-state index contributed by atoms with van der Waals surface area (Å²) in [6, 6.07) is 0. The van der Waals surface area contributed by atoms with E-state index in [1.54, 1.807) is 13.1 Å². The van der Waals surface area contributed by atoms with Gasteiger partial charge >= 0.3 is 0 Å². The molecule has 0 heterocycles. The number of rotatable bonds is 4. The molecule has 0 saturated heterocycles. The number of likely N-dealkylation sites (N-methyl/N-ethyl adjacent to an activating group) is 1. The first kappa shape index (κ1) is 9.69. The Morgan fingerprint density at radius 2 is 2.00 bits per heavy atom. The molecule has 60 valence electrons. The lowest BCUT2D eigenvalue weighted by Crippen LogP contribution is -2.05. The van der Waals surface area contributed by atoms with E-state index in [2.05, 4.69) is 30.0 Å². The van der Waals surface area contributed by atoms with Crippen molar-refractivity contribution in [2.45, 2.75) is 6.92 Å². The number of nitrogens with zero attached hydrogens (tertiary/aromatic N) is 1. The fourth-order valence-corrected chi connectivity index (χ4v) is 0.470. The van der Waals surface area contributed by atoms with Crippen LogP contribution in [0.25, 0.3) is 0 Å². The van der Waals surface area contributed by atoms with Crippen LogP contribution in [-0.2, 0) is 0 Å². The van der Waals surface area contributed by atoms with Crippen molar-refractivity contribution in [2.24, 2.45) is 4.99 Å². The lowest BCUT2D eigenvalue weighted by molar-refractivity contribution is 1.000. The molecule has 0 rings (SSSR count). The normalized spacial score (nSPS) is 10.5. The minimum absolute atomic E-state index is 0.643. The van der Waals surface area contributed by atoms with E-state index in [1.165, 1.54) is 0 Å². The Morgan fingerprint density at radius 1 is 1.45 bits per heavy atom. The van der Waals surface area contributed by atoms with Gasteiger partial charge in [0.25, 0.3) is 0 Å². The third-order valence-corrected chi connectivity index (χ3v) is 1.26. The third-order valence-electron chi connectivity index (χ3n) is 1.26. The standard InChI is InChI=1S/C9H14N2/c1-6-7(2)11-9(4)8(3)10-5/h6,10H,1,3-4H2,2,5H3. The Hall–Kier alpha value is -1.31. The lowest BCUT2D eigenvalue weighted by Gasteiger charge is -2.02. The van der Waals surface area contributed by atoms with Crippen molar-refractivity contribution in [1.29, 1.82) is 0 Å². The molecule has 0 amide bonds. The van der Waals surface area contributed by atoms with Gasteiger partial charge in [0.05, 0.1) is 11.4 Å². The van der Waals surface area contributed by atoms with Crippen molar-refractivity contribution in [3.05, 3.63) is 37.2 Å². The van der Waals surface area contributed by atoms with Crippen molar-refractivity contribution in [3.63, 3.8) is 0 Å². The van der Waals surface area contributed by atoms with Gasteiger partial charge in [-0.15, -0.1) is 0 Å². The number of hydrogen-bond donors (Lipinski definition) is 1. The Kier molecular flexibility index (Phi) is 3.96. The summed E-state index contributed by atoms with van der Waals surface area (Å²) in [4.78, 5) is 4.11. The van der Waals surface area contributed by atoms with Crippen LogP contribution in [0.15, 0.2) is 42.2 Å². The van der Waals surface area contributed by atoms with Gasteiger partial charge in [0.15, 0.2) is 0 Å². The van der Waals surface area contributed by atoms with Gasteiger partial charge in [0.2, 0.25) is 0 Å². The molecule has 1 N–H and O–H groups in total. The number of nitrogens with one attached hydrogen (secondary N) is 1. The quantitative estimate of drug-likeness (QED) is 0.480. The zero-order valence-corrected chi connectivity index (χ0v) is 7.15. The zero-order chi connectivity index (χ0) is 8.85. The number of hydrogen-bond acceptors (Lipinski definition) is 2. The van der Waals surface area contributed by atoms with Gasteiger partial charge in [-0.25, -0.2) is 0 Å². The van der Waals surface area contributed by atoms with Crippen LogP contribution >= 0.6 is 0 Å². The molecular formula is C9H14N2. The summed E-state index contributed by atoms with van der Waals surface area (Å²) >= 11 is 0. The minimum atomic E-state index is 0.643. The Bertz CT molecular complexity index is 212. The molecular weight excluding hydrogens is 136 g/mol. The van der Waals surface area contributed by atoms with Gasteiger partial charge in [-0.3, -0.25) is 4.99 Å². The second-order valence-electron chi connectivity index (χ2n) is 2.13. The molecule has 11 heavy (non-hydrogen) atoms. The molecule has 0 spiro atoms. The first-order chi connectivity index (χ1) is 5.11. The van der Waals surface area contributed by atoms with Gasteiger partial charge in [-0.2, -0.15) is 0 Å². The maximum atomic E-state index is 4.11. The van der Waals surface area contributed by atoms with E-state index in [9.17, 15) is 0 Å². The van der Waals surface area contributed by atoms with Crippen molar-refractivity contribution < 1.29 is 0 Å². The Labute approximate surface area is 68.0 Å². The van der Waals surface area contributed by atoms with E-state index in [0.29, 0.717) is 5.70 Å². The first-order valence-corrected chi connectivity index (χ1v) is 3.35. The Morgan fingerprint density at radius 3 is 2.36 bits per heavy atom. The number of allylic oxidation sites excluding steroid dienone is 1. The molecule has 0 aliphatic carbocycles. The van der Waals surface area contributed by atoms with Crippen LogP contribution in [0.2, 0.25) is 0 Å². The average Bonchev–Trinajstić information content (AvgIpc) is 2.02. The number of aliphatic imine (C=N–C) groups is 1. The molecule has 0 aliphatic rings. The van der Waals surface area contributed by atoms with E-state index >= 15 is 0 Å². The van der Waals surface area contributed by atoms with Gasteiger partial charge in [-0.1, -0.05) is 19.7 Å². The van der Waals surface area contributed by atoms with Crippen LogP contribution in [0, 0.1) is 0 Å². The Balaban J connectivity index is 4.28. The van der Waals surface area contributed by atoms with Gasteiger partial charge < -0.3 is 5.32 Å². The van der Waals surface area contributed by atoms with Crippen LogP contribution in [0.1, 0.15) is 6.92 Å². The highest BCUT2D eigenvalue weighted by Gasteiger charge is 1.93. The van der Waals surface area contributed by atoms with E-state index in [1.807, 2.05) is 6.92 Å². The van der Waals surface area contributed by atoms with Crippen molar-refractivity contribution in [2.75, 3.05) is 7.05 Å². The van der Waals surface area contributed by atoms with Gasteiger partial charge in [0.1, 0.15) is 0 Å². The smallest absolute Gasteiger partial charge is 0.0786 e. The molecule has 0 aromatic carbocycles. The van der Waals surface area contributed by atoms with Crippen LogP contribution < -0.4 is 5.32 Å². The molecule has 0 aliphatic heterocycles. The third kappa shape index (κ3) is 3.40. The SMILES string of the molecule is C=CC(C)=NC(=C)C(=C)NC. The van der Waals surface area contributed by atoms with E-state index < -0.39 is 0 Å². The summed E-state index contributed by atoms with van der Waals surface area (Å²) in [5.74, 6) is 0. The summed E-state index contributed by atoms with van der Waals surface area (Å²) in [6.07, 6.45) is 1.67. The summed E-state index contributed by atoms with van der Waals surface area (Å²) in [7, 11) is 1.78. The highest BCUT2D eigenvalue weighted by Crippen LogP contribution is 2.02. The van der Waals surface area contributed by atoms with Crippen LogP contribution in [-0.4, -0.2) is 12.8 Å². The maximum absolute atomic E-state index is 4.11. The largest absolute Gasteiger partial charge is 0.387 e. The predicted molar refractivity (Wildman–Crippen MR) is 50.6 cm³/mol. The van der Waals surface area contributed by atoms with Crippen LogP contribution in [0.4, 0.5) is 0 Å². The summed E-state index contributed by atoms with van der Waals surface area (Å²) in [6.45, 7) is 12.9. The van der Waals surface area contributed by atoms with Gasteiger partial charge in [-0.05, 0) is 13.0 Å². The van der Waals surface area contributed by atoms with Crippen molar-refractivity contribution >= 4 is 5.71 Å². The van der Waals surface area contributed by atoms with Crippen LogP contribution in [0.5, 0.6) is 0 Å². The zero-order valence-electron chi connectivity index (χ0n) is 7.15. The maximum Gasteiger partial charge on any atom is 0.0786 e. The molecule has 0 saturated carbocycles. The predicted octanol–water partition coefficient (Wildman–Crippen LogP) is 1.88. The summed E-state index contributed by atoms with van der Waals surface area (Å²) in [5.41, 5.74) is 2.21. The fraction of sp³-hybridized carbons (Fsp3) is 0.222. The highest BCUT2D eigenvalue weighted by atomic mass is 14.9. The van der Waals surface area contributed by atoms with E-state index in [0.717, 1.165) is 11.4 Å². The fourth-order valence-electron chi connectivity index (χ4n) is 0.470. The lowest BCUT2D eigenvalue weighted by atomic mass is 10.3. The van der Waals surface area contributed by atoms with Crippen molar-refractivity contribution in [3.8, 4) is 0 Å². The molecule has 0 aromatic heterocycles. The molecule has 2 heteroatoms. The van der Waals surface area contributed by atoms with Gasteiger partial charge in [0, 0.05) is 12.8 Å². The first-order valence-electron chi connectivity index (χ1n) is 3.35. The second kappa shape index (κ2) is 4.50. The molecule has 0 unspecified atom stereocenters. The molecule has 0 radical (unpaired) electrons. The van der Waals surface area contributed by atoms with Crippen molar-refractivity contribution in [1.82, 2.24) is 5.32 Å². The molecule has 0 aromatic rings. The summed E-state index contributed by atoms with van der Waals surface area (Å²) in [5, 5.41) is 2.86. The van der Waals surface area contributed by atoms with E-state index in [-0.39, 0.29) is 0 Å². The second-order valence-corrected chi connectivity index (χ2v) is 2.13. The minimum Gasteiger partial charge on any atom is -0.387 e. The summed E-state index contributed by atoms with van der Waals surface area (Å²) < 4.78 is 0. The molecule has 0 fully saturated rings. The average molecular weight is 150 g/mol. The topological polar surface area (TPSA) is 24.4 Å². The monoisotopic (exact) mass is 150 g/mol. The van der Waals surface area contributed by atoms with E-state index in [4.69, 9.17) is 0 Å². The molecule has 0 atom stereocenters.